The molecule has 0 amide bonds. The van der Waals surface area contributed by atoms with Crippen LogP contribution in [0.5, 0.6) is 0 Å². The first-order valence-electron chi connectivity index (χ1n) is 8.46. The highest BCUT2D eigenvalue weighted by Crippen LogP contribution is 2.39. The maximum Gasteiger partial charge on any atom is 0.353 e. The Kier molecular flexibility index (Phi) is 4.59. The first kappa shape index (κ1) is 20.0. The number of hydrogen-bond donors (Lipinski definition) is 3. The predicted molar refractivity (Wildman–Crippen MR) is 102 cm³/mol. The van der Waals surface area contributed by atoms with E-state index in [0.717, 1.165) is 6.07 Å². The molecule has 1 fully saturated rings. The monoisotopic (exact) mass is 440 g/mol. The summed E-state index contributed by atoms with van der Waals surface area (Å²) in [5, 5.41) is 18.3. The molecule has 1 aliphatic heterocycles. The van der Waals surface area contributed by atoms with Crippen molar-refractivity contribution < 1.29 is 28.2 Å². The van der Waals surface area contributed by atoms with Crippen molar-refractivity contribution in [3.63, 3.8) is 0 Å². The Balaban J connectivity index is 2.17. The van der Waals surface area contributed by atoms with Crippen molar-refractivity contribution in [3.05, 3.63) is 56.6 Å². The van der Waals surface area contributed by atoms with Crippen LogP contribution in [0.2, 0.25) is 5.02 Å². The number of β-amino-alcohol motifs (C(OH)–C–C–N with tert-alkyl or cyclic N) is 1. The van der Waals surface area contributed by atoms with Crippen LogP contribution in [0.3, 0.4) is 0 Å². The van der Waals surface area contributed by atoms with Gasteiger partial charge in [0.25, 0.3) is 0 Å². The summed E-state index contributed by atoms with van der Waals surface area (Å²) in [6.45, 7) is 0.0855. The van der Waals surface area contributed by atoms with Crippen LogP contribution in [0.1, 0.15) is 10.5 Å². The van der Waals surface area contributed by atoms with E-state index < -0.39 is 57.3 Å². The van der Waals surface area contributed by atoms with Crippen molar-refractivity contribution in [2.45, 2.75) is 6.10 Å². The van der Waals surface area contributed by atoms with Gasteiger partial charge in [-0.05, 0) is 6.07 Å². The average Bonchev–Trinajstić information content (AvgIpc) is 2.63. The molecule has 0 spiro atoms. The van der Waals surface area contributed by atoms with Crippen LogP contribution in [0.4, 0.5) is 24.7 Å². The molecule has 30 heavy (non-hydrogen) atoms. The van der Waals surface area contributed by atoms with Crippen LogP contribution >= 0.6 is 11.6 Å². The molecule has 0 saturated carbocycles. The summed E-state index contributed by atoms with van der Waals surface area (Å²) in [6, 6.07) is 1.88. The number of carbonyl (C=O) groups is 1. The molecule has 0 unspecified atom stereocenters. The van der Waals surface area contributed by atoms with Crippen LogP contribution in [0, 0.1) is 17.5 Å². The zero-order valence-electron chi connectivity index (χ0n) is 14.9. The molecule has 1 aromatic carbocycles. The van der Waals surface area contributed by atoms with Gasteiger partial charge in [0.2, 0.25) is 0 Å². The Morgan fingerprint density at radius 2 is 1.83 bits per heavy atom. The highest BCUT2D eigenvalue weighted by atomic mass is 35.5. The van der Waals surface area contributed by atoms with E-state index in [2.05, 4.69) is 4.98 Å². The lowest BCUT2D eigenvalue weighted by Gasteiger charge is -2.38. The van der Waals surface area contributed by atoms with Gasteiger partial charge in [-0.25, -0.2) is 22.9 Å². The fraction of sp³-hybridized carbons (Fsp3) is 0.167. The highest BCUT2D eigenvalue weighted by molar-refractivity contribution is 6.38. The molecule has 3 aromatic rings. The van der Waals surface area contributed by atoms with E-state index in [1.807, 2.05) is 0 Å². The second-order valence-corrected chi connectivity index (χ2v) is 7.05. The molecular weight excluding hydrogens is 429 g/mol. The van der Waals surface area contributed by atoms with Crippen molar-refractivity contribution in [2.75, 3.05) is 23.7 Å². The smallest absolute Gasteiger partial charge is 0.353 e. The minimum Gasteiger partial charge on any atom is -0.477 e. The van der Waals surface area contributed by atoms with Gasteiger partial charge in [0, 0.05) is 25.2 Å². The molecule has 0 atom stereocenters. The van der Waals surface area contributed by atoms with E-state index in [4.69, 9.17) is 17.3 Å². The number of carboxylic acids is 1. The van der Waals surface area contributed by atoms with Crippen molar-refractivity contribution in [1.82, 2.24) is 9.55 Å². The van der Waals surface area contributed by atoms with E-state index >= 15 is 0 Å². The van der Waals surface area contributed by atoms with Crippen LogP contribution in [0.15, 0.2) is 23.0 Å². The summed E-state index contributed by atoms with van der Waals surface area (Å²) < 4.78 is 43.6. The molecule has 1 saturated heterocycles. The number of nitrogen functional groups attached to an aromatic ring is 1. The van der Waals surface area contributed by atoms with Gasteiger partial charge < -0.3 is 20.8 Å². The van der Waals surface area contributed by atoms with Crippen LogP contribution in [0.25, 0.3) is 16.7 Å². The molecule has 8 nitrogen and oxygen atoms in total. The minimum atomic E-state index is -1.64. The number of fused-ring (bicyclic) bond motifs is 1. The Morgan fingerprint density at radius 1 is 1.17 bits per heavy atom. The van der Waals surface area contributed by atoms with E-state index in [1.165, 1.54) is 4.90 Å². The fourth-order valence-corrected chi connectivity index (χ4v) is 3.72. The molecule has 0 bridgehead atoms. The lowest BCUT2D eigenvalue weighted by Crippen LogP contribution is -2.51. The second-order valence-electron chi connectivity index (χ2n) is 6.67. The minimum absolute atomic E-state index is 0.0428. The Bertz CT molecular complexity index is 1290. The summed E-state index contributed by atoms with van der Waals surface area (Å²) in [5.74, 6) is -6.45. The van der Waals surface area contributed by atoms with E-state index in [1.54, 1.807) is 0 Å². The van der Waals surface area contributed by atoms with Crippen LogP contribution < -0.4 is 16.1 Å². The number of pyridine rings is 2. The summed E-state index contributed by atoms with van der Waals surface area (Å²) in [5.41, 5.74) is 3.22. The first-order valence-corrected chi connectivity index (χ1v) is 8.84. The SMILES string of the molecule is Nc1nc(-n2c(C(=O)O)cc(=O)c3cc(F)c(N4CC(O)C4)c(Cl)c32)c(F)cc1F. The zero-order chi connectivity index (χ0) is 21.9. The van der Waals surface area contributed by atoms with Crippen molar-refractivity contribution in [2.24, 2.45) is 0 Å². The third kappa shape index (κ3) is 2.94. The predicted octanol–water partition coefficient (Wildman–Crippen LogP) is 1.92. The Hall–Kier alpha value is -3.31. The number of benzene rings is 1. The van der Waals surface area contributed by atoms with Crippen LogP contribution in [-0.2, 0) is 0 Å². The molecule has 4 rings (SSSR count). The van der Waals surface area contributed by atoms with Crippen molar-refractivity contribution >= 4 is 40.0 Å². The van der Waals surface area contributed by atoms with Crippen molar-refractivity contribution in [3.8, 4) is 5.82 Å². The van der Waals surface area contributed by atoms with Gasteiger partial charge in [0.15, 0.2) is 28.7 Å². The molecule has 156 valence electrons. The number of aromatic carboxylic acids is 1. The number of aliphatic hydroxyl groups is 1. The molecule has 0 aliphatic carbocycles. The fourth-order valence-electron chi connectivity index (χ4n) is 3.32. The molecule has 12 heteroatoms. The van der Waals surface area contributed by atoms with Crippen molar-refractivity contribution in [1.29, 1.82) is 0 Å². The standard InChI is InChI=1S/C18H12ClF3N4O4/c19-13-14-7(1-8(20)15(13)25-4-6(27)5-25)12(28)3-11(18(29)30)26(14)17-10(22)2-9(21)16(23)24-17/h1-3,6,27H,4-5H2,(H2,23,24)(H,29,30). The molecular formula is C18H12ClF3N4O4. The second kappa shape index (κ2) is 6.89. The number of aliphatic hydroxyl groups excluding tert-OH is 1. The van der Waals surface area contributed by atoms with E-state index in [9.17, 15) is 33.0 Å². The van der Waals surface area contributed by atoms with Gasteiger partial charge in [0.1, 0.15) is 11.5 Å². The summed E-state index contributed by atoms with van der Waals surface area (Å²) in [6.07, 6.45) is -0.722. The largest absolute Gasteiger partial charge is 0.477 e. The highest BCUT2D eigenvalue weighted by Gasteiger charge is 2.32. The quantitative estimate of drug-likeness (QED) is 0.568. The van der Waals surface area contributed by atoms with E-state index in [-0.39, 0.29) is 29.7 Å². The Morgan fingerprint density at radius 3 is 2.43 bits per heavy atom. The van der Waals surface area contributed by atoms with Crippen LogP contribution in [-0.4, -0.2) is 44.9 Å². The number of nitrogens with two attached hydrogens (primary N) is 1. The maximum atomic E-state index is 14.7. The summed E-state index contributed by atoms with van der Waals surface area (Å²) in [7, 11) is 0. The number of hydrogen-bond acceptors (Lipinski definition) is 6. The third-order valence-corrected chi connectivity index (χ3v) is 5.07. The van der Waals surface area contributed by atoms with Gasteiger partial charge >= 0.3 is 5.97 Å². The summed E-state index contributed by atoms with van der Waals surface area (Å²) >= 11 is 6.36. The molecule has 3 heterocycles. The van der Waals surface area contributed by atoms with Gasteiger partial charge in [-0.3, -0.25) is 9.36 Å². The zero-order valence-corrected chi connectivity index (χ0v) is 15.6. The van der Waals surface area contributed by atoms with Gasteiger partial charge in [-0.1, -0.05) is 11.6 Å². The third-order valence-electron chi connectivity index (χ3n) is 4.71. The summed E-state index contributed by atoms with van der Waals surface area (Å²) in [4.78, 5) is 29.2. The average molecular weight is 441 g/mol. The maximum absolute atomic E-state index is 14.7. The molecule has 2 aromatic heterocycles. The number of carboxylic acid groups (broad SMARTS) is 1. The molecule has 1 aliphatic rings. The number of halogens is 4. The number of anilines is 2. The normalized spacial score (nSPS) is 14.2. The topological polar surface area (TPSA) is 122 Å². The van der Waals surface area contributed by atoms with Gasteiger partial charge in [-0.2, -0.15) is 0 Å². The number of rotatable bonds is 3. The number of aromatic nitrogens is 2. The lowest BCUT2D eigenvalue weighted by atomic mass is 10.1. The lowest BCUT2D eigenvalue weighted by molar-refractivity contribution is 0.0687. The first-order chi connectivity index (χ1) is 14.1. The molecule has 4 N–H and O–H groups in total. The number of nitrogens with zero attached hydrogens (tertiary/aromatic N) is 3. The molecule has 0 radical (unpaired) electrons. The van der Waals surface area contributed by atoms with E-state index in [0.29, 0.717) is 16.7 Å². The van der Waals surface area contributed by atoms with Gasteiger partial charge in [-0.15, -0.1) is 0 Å². The van der Waals surface area contributed by atoms with Gasteiger partial charge in [0.05, 0.1) is 27.7 Å². The Labute approximate surface area is 170 Å².